The molecular weight excluding hydrogens is 366 g/mol. The minimum absolute atomic E-state index is 0.0487. The van der Waals surface area contributed by atoms with Crippen molar-refractivity contribution in [3.8, 4) is 0 Å². The molecule has 1 unspecified atom stereocenters. The zero-order chi connectivity index (χ0) is 19.9. The Morgan fingerprint density at radius 1 is 1.11 bits per heavy atom. The molecule has 0 aliphatic heterocycles. The maximum absolute atomic E-state index is 12.7. The van der Waals surface area contributed by atoms with Gasteiger partial charge >= 0.3 is 0 Å². The van der Waals surface area contributed by atoms with E-state index in [-0.39, 0.29) is 11.9 Å². The first kappa shape index (κ1) is 20.1. The van der Waals surface area contributed by atoms with Gasteiger partial charge in [0, 0.05) is 11.7 Å². The number of nitrogens with one attached hydrogen (secondary N) is 2. The Bertz CT molecular complexity index is 921. The Labute approximate surface area is 171 Å². The molecule has 5 heteroatoms. The van der Waals surface area contributed by atoms with E-state index in [0.717, 1.165) is 35.8 Å². The molecule has 3 aromatic rings. The van der Waals surface area contributed by atoms with Crippen LogP contribution in [-0.4, -0.2) is 16.9 Å². The average Bonchev–Trinajstić information content (AvgIpc) is 3.08. The van der Waals surface area contributed by atoms with E-state index in [1.807, 2.05) is 50.2 Å². The van der Waals surface area contributed by atoms with Crippen LogP contribution in [0.4, 0.5) is 10.8 Å². The summed E-state index contributed by atoms with van der Waals surface area (Å²) < 4.78 is 0. The van der Waals surface area contributed by atoms with E-state index < -0.39 is 0 Å². The predicted octanol–water partition coefficient (Wildman–Crippen LogP) is 5.51. The summed E-state index contributed by atoms with van der Waals surface area (Å²) in [6.07, 6.45) is 2.80. The van der Waals surface area contributed by atoms with Crippen LogP contribution in [0.1, 0.15) is 46.8 Å². The number of carbonyl (C=O) groups is 1. The van der Waals surface area contributed by atoms with Gasteiger partial charge in [-0.25, -0.2) is 4.98 Å². The van der Waals surface area contributed by atoms with Crippen molar-refractivity contribution < 1.29 is 4.79 Å². The van der Waals surface area contributed by atoms with E-state index in [1.165, 1.54) is 22.5 Å². The summed E-state index contributed by atoms with van der Waals surface area (Å²) in [7, 11) is 0. The Morgan fingerprint density at radius 2 is 1.82 bits per heavy atom. The van der Waals surface area contributed by atoms with E-state index in [0.29, 0.717) is 4.88 Å². The zero-order valence-corrected chi connectivity index (χ0v) is 17.5. The van der Waals surface area contributed by atoms with Gasteiger partial charge in [0.1, 0.15) is 4.88 Å². The van der Waals surface area contributed by atoms with Crippen LogP contribution in [0.5, 0.6) is 0 Å². The van der Waals surface area contributed by atoms with Gasteiger partial charge in [-0.15, -0.1) is 0 Å². The fourth-order valence-corrected chi connectivity index (χ4v) is 4.00. The molecule has 0 aliphatic rings. The molecule has 1 aromatic heterocycles. The van der Waals surface area contributed by atoms with Gasteiger partial charge in [0.15, 0.2) is 5.13 Å². The van der Waals surface area contributed by atoms with Gasteiger partial charge in [0.25, 0.3) is 5.91 Å². The number of para-hydroxylation sites is 1. The van der Waals surface area contributed by atoms with Crippen LogP contribution in [0.2, 0.25) is 0 Å². The number of carbonyl (C=O) groups excluding carboxylic acids is 1. The highest BCUT2D eigenvalue weighted by Crippen LogP contribution is 2.27. The van der Waals surface area contributed by atoms with Crippen LogP contribution in [0, 0.1) is 6.92 Å². The second kappa shape index (κ2) is 9.51. The Balaban J connectivity index is 1.61. The van der Waals surface area contributed by atoms with Crippen molar-refractivity contribution in [1.82, 2.24) is 10.3 Å². The van der Waals surface area contributed by atoms with E-state index in [2.05, 4.69) is 40.7 Å². The monoisotopic (exact) mass is 393 g/mol. The van der Waals surface area contributed by atoms with Crippen LogP contribution in [0.3, 0.4) is 0 Å². The maximum Gasteiger partial charge on any atom is 0.263 e. The number of nitrogens with zero attached hydrogens (tertiary/aromatic N) is 1. The zero-order valence-electron chi connectivity index (χ0n) is 16.7. The molecule has 0 saturated heterocycles. The van der Waals surface area contributed by atoms with Crippen LogP contribution in [-0.2, 0) is 12.8 Å². The number of rotatable bonds is 8. The fourth-order valence-electron chi connectivity index (χ4n) is 3.12. The van der Waals surface area contributed by atoms with Crippen LogP contribution >= 0.6 is 11.3 Å². The van der Waals surface area contributed by atoms with E-state index >= 15 is 0 Å². The highest BCUT2D eigenvalue weighted by molar-refractivity contribution is 7.17. The van der Waals surface area contributed by atoms with Crippen molar-refractivity contribution in [3.63, 3.8) is 0 Å². The molecule has 0 fully saturated rings. The number of aromatic nitrogens is 1. The standard InChI is InChI=1S/C23H27N3OS/c1-4-19-12-8-9-13-20(19)26-23-25-17(3)21(28-23)22(27)24-16(2)14-15-18-10-6-5-7-11-18/h5-13,16H,4,14-15H2,1-3H3,(H,24,27)(H,25,26). The lowest BCUT2D eigenvalue weighted by Crippen LogP contribution is -2.32. The fraction of sp³-hybridized carbons (Fsp3) is 0.304. The molecule has 0 saturated carbocycles. The highest BCUT2D eigenvalue weighted by Gasteiger charge is 2.17. The van der Waals surface area contributed by atoms with Gasteiger partial charge in [-0.05, 0) is 50.3 Å². The lowest BCUT2D eigenvalue weighted by Gasteiger charge is -2.13. The molecule has 4 nitrogen and oxygen atoms in total. The Hall–Kier alpha value is -2.66. The SMILES string of the molecule is CCc1ccccc1Nc1nc(C)c(C(=O)NC(C)CCc2ccccc2)s1. The summed E-state index contributed by atoms with van der Waals surface area (Å²) in [6.45, 7) is 6.06. The highest BCUT2D eigenvalue weighted by atomic mass is 32.1. The van der Waals surface area contributed by atoms with Crippen molar-refractivity contribution in [2.45, 2.75) is 46.1 Å². The third kappa shape index (κ3) is 5.20. The maximum atomic E-state index is 12.7. The number of amides is 1. The second-order valence-corrected chi connectivity index (χ2v) is 7.97. The van der Waals surface area contributed by atoms with Gasteiger partial charge < -0.3 is 10.6 Å². The third-order valence-electron chi connectivity index (χ3n) is 4.73. The summed E-state index contributed by atoms with van der Waals surface area (Å²) in [5.41, 5.74) is 4.32. The quantitative estimate of drug-likeness (QED) is 0.531. The molecular formula is C23H27N3OS. The van der Waals surface area contributed by atoms with Crippen molar-refractivity contribution in [3.05, 3.63) is 76.3 Å². The van der Waals surface area contributed by atoms with Crippen molar-refractivity contribution in [2.75, 3.05) is 5.32 Å². The van der Waals surface area contributed by atoms with E-state index in [1.54, 1.807) is 0 Å². The molecule has 2 N–H and O–H groups in total. The normalized spacial score (nSPS) is 11.8. The molecule has 3 rings (SSSR count). The molecule has 0 aliphatic carbocycles. The molecule has 146 valence electrons. The summed E-state index contributed by atoms with van der Waals surface area (Å²) in [5.74, 6) is -0.0487. The Morgan fingerprint density at radius 3 is 2.57 bits per heavy atom. The second-order valence-electron chi connectivity index (χ2n) is 6.97. The predicted molar refractivity (Wildman–Crippen MR) is 118 cm³/mol. The molecule has 0 spiro atoms. The Kier molecular flexibility index (Phi) is 6.82. The van der Waals surface area contributed by atoms with Gasteiger partial charge in [-0.2, -0.15) is 0 Å². The minimum atomic E-state index is -0.0487. The van der Waals surface area contributed by atoms with Crippen molar-refractivity contribution in [2.24, 2.45) is 0 Å². The number of aryl methyl sites for hydroxylation is 3. The summed E-state index contributed by atoms with van der Waals surface area (Å²) in [5, 5.41) is 7.23. The number of hydrogen-bond acceptors (Lipinski definition) is 4. The molecule has 2 aromatic carbocycles. The van der Waals surface area contributed by atoms with Gasteiger partial charge in [-0.1, -0.05) is 66.8 Å². The van der Waals surface area contributed by atoms with Crippen molar-refractivity contribution >= 4 is 28.1 Å². The first-order chi connectivity index (χ1) is 13.6. The number of benzene rings is 2. The largest absolute Gasteiger partial charge is 0.349 e. The molecule has 1 heterocycles. The van der Waals surface area contributed by atoms with Gasteiger partial charge in [-0.3, -0.25) is 4.79 Å². The lowest BCUT2D eigenvalue weighted by atomic mass is 10.1. The average molecular weight is 394 g/mol. The molecule has 0 radical (unpaired) electrons. The summed E-state index contributed by atoms with van der Waals surface area (Å²) in [6, 6.07) is 18.6. The number of hydrogen-bond donors (Lipinski definition) is 2. The summed E-state index contributed by atoms with van der Waals surface area (Å²) in [4.78, 5) is 17.9. The minimum Gasteiger partial charge on any atom is -0.349 e. The third-order valence-corrected chi connectivity index (χ3v) is 5.80. The van der Waals surface area contributed by atoms with Crippen LogP contribution < -0.4 is 10.6 Å². The van der Waals surface area contributed by atoms with E-state index in [9.17, 15) is 4.79 Å². The van der Waals surface area contributed by atoms with Gasteiger partial charge in [0.2, 0.25) is 0 Å². The van der Waals surface area contributed by atoms with Crippen LogP contribution in [0.25, 0.3) is 0 Å². The first-order valence-corrected chi connectivity index (χ1v) is 10.6. The number of thiazole rings is 1. The lowest BCUT2D eigenvalue weighted by molar-refractivity contribution is 0.0941. The number of anilines is 2. The molecule has 1 atom stereocenters. The van der Waals surface area contributed by atoms with E-state index in [4.69, 9.17) is 0 Å². The van der Waals surface area contributed by atoms with Crippen LogP contribution in [0.15, 0.2) is 54.6 Å². The molecule has 0 bridgehead atoms. The smallest absolute Gasteiger partial charge is 0.263 e. The topological polar surface area (TPSA) is 54.0 Å². The molecule has 28 heavy (non-hydrogen) atoms. The van der Waals surface area contributed by atoms with Crippen molar-refractivity contribution in [1.29, 1.82) is 0 Å². The van der Waals surface area contributed by atoms with Gasteiger partial charge in [0.05, 0.1) is 5.69 Å². The molecule has 1 amide bonds. The summed E-state index contributed by atoms with van der Waals surface area (Å²) >= 11 is 1.40. The first-order valence-electron chi connectivity index (χ1n) is 9.74.